The van der Waals surface area contributed by atoms with Gasteiger partial charge in [-0.2, -0.15) is 0 Å². The van der Waals surface area contributed by atoms with Crippen molar-refractivity contribution in [2.75, 3.05) is 0 Å². The maximum atomic E-state index is 13.1. The SMILES string of the molecule is CC(C)CC(N)C(=O)NC(C)C(=O)NC(Cc1c[nH]c2ccccc12)C(=O)NC(CC(N)=O)C(=O)O. The summed E-state index contributed by atoms with van der Waals surface area (Å²) in [6, 6.07) is 2.74. The number of H-pyrrole nitrogens is 1. The van der Waals surface area contributed by atoms with Gasteiger partial charge in [-0.3, -0.25) is 19.2 Å². The van der Waals surface area contributed by atoms with Crippen molar-refractivity contribution in [3.05, 3.63) is 36.0 Å². The maximum Gasteiger partial charge on any atom is 0.326 e. The average molecular weight is 503 g/mol. The van der Waals surface area contributed by atoms with E-state index in [9.17, 15) is 29.1 Å². The van der Waals surface area contributed by atoms with E-state index in [1.807, 2.05) is 38.1 Å². The van der Waals surface area contributed by atoms with Crippen LogP contribution in [0.2, 0.25) is 0 Å². The number of amides is 4. The number of nitrogens with one attached hydrogen (secondary N) is 4. The number of aliphatic carboxylic acids is 1. The molecule has 0 bridgehead atoms. The highest BCUT2D eigenvalue weighted by Crippen LogP contribution is 2.19. The molecule has 1 heterocycles. The Morgan fingerprint density at radius 2 is 1.58 bits per heavy atom. The second kappa shape index (κ2) is 12.7. The number of aromatic amines is 1. The summed E-state index contributed by atoms with van der Waals surface area (Å²) in [5, 5.41) is 17.5. The molecule has 196 valence electrons. The lowest BCUT2D eigenvalue weighted by molar-refractivity contribution is -0.143. The number of fused-ring (bicyclic) bond motifs is 1. The van der Waals surface area contributed by atoms with Crippen molar-refractivity contribution in [3.63, 3.8) is 0 Å². The van der Waals surface area contributed by atoms with Gasteiger partial charge in [0, 0.05) is 23.5 Å². The predicted octanol–water partition coefficient (Wildman–Crippen LogP) is -0.482. The van der Waals surface area contributed by atoms with Crippen LogP contribution < -0.4 is 27.4 Å². The molecular formula is C24H34N6O6. The Morgan fingerprint density at radius 1 is 0.944 bits per heavy atom. The number of hydrogen-bond donors (Lipinski definition) is 7. The van der Waals surface area contributed by atoms with Gasteiger partial charge in [-0.05, 0) is 30.9 Å². The standard InChI is InChI=1S/C24H34N6O6/c1-12(2)8-16(25)22(33)28-13(3)21(32)29-18(23(34)30-19(24(35)36)10-20(26)31)9-14-11-27-17-7-5-4-6-15(14)17/h4-7,11-13,16,18-19,27H,8-10,25H2,1-3H3,(H2,26,31)(H,28,33)(H,29,32)(H,30,34)(H,35,36). The molecule has 4 unspecified atom stereocenters. The Morgan fingerprint density at radius 3 is 2.19 bits per heavy atom. The molecule has 0 aliphatic heterocycles. The number of hydrogen-bond acceptors (Lipinski definition) is 6. The van der Waals surface area contributed by atoms with Crippen LogP contribution in [0.1, 0.15) is 39.2 Å². The highest BCUT2D eigenvalue weighted by Gasteiger charge is 2.30. The smallest absolute Gasteiger partial charge is 0.326 e. The summed E-state index contributed by atoms with van der Waals surface area (Å²) in [6.07, 6.45) is 1.51. The molecule has 4 amide bonds. The molecule has 0 saturated carbocycles. The number of para-hydroxylation sites is 1. The molecule has 12 heteroatoms. The summed E-state index contributed by atoms with van der Waals surface area (Å²) >= 11 is 0. The average Bonchev–Trinajstić information content (AvgIpc) is 3.19. The van der Waals surface area contributed by atoms with E-state index in [1.165, 1.54) is 6.92 Å². The van der Waals surface area contributed by atoms with Gasteiger partial charge in [0.1, 0.15) is 18.1 Å². The van der Waals surface area contributed by atoms with E-state index in [4.69, 9.17) is 11.5 Å². The van der Waals surface area contributed by atoms with E-state index in [-0.39, 0.29) is 12.3 Å². The number of rotatable bonds is 13. The summed E-state index contributed by atoms with van der Waals surface area (Å²) in [5.74, 6) is -4.16. The Bertz CT molecular complexity index is 1110. The lowest BCUT2D eigenvalue weighted by atomic mass is 10.0. The third kappa shape index (κ3) is 8.08. The molecule has 0 fully saturated rings. The molecule has 9 N–H and O–H groups in total. The molecule has 0 saturated heterocycles. The zero-order valence-corrected chi connectivity index (χ0v) is 20.5. The number of primary amides is 1. The van der Waals surface area contributed by atoms with Crippen LogP contribution in [0.25, 0.3) is 10.9 Å². The van der Waals surface area contributed by atoms with Crippen LogP contribution in [0, 0.1) is 5.92 Å². The van der Waals surface area contributed by atoms with Crippen LogP contribution in [0.15, 0.2) is 30.5 Å². The molecule has 2 rings (SSSR count). The lowest BCUT2D eigenvalue weighted by Crippen LogP contribution is -2.57. The van der Waals surface area contributed by atoms with Gasteiger partial charge < -0.3 is 37.5 Å². The van der Waals surface area contributed by atoms with Crippen LogP contribution in [-0.4, -0.2) is 63.9 Å². The molecule has 0 radical (unpaired) electrons. The Labute approximate surface area is 208 Å². The number of carboxylic acids is 1. The first-order chi connectivity index (χ1) is 16.9. The van der Waals surface area contributed by atoms with Crippen molar-refractivity contribution in [2.24, 2.45) is 17.4 Å². The summed E-state index contributed by atoms with van der Waals surface area (Å²) in [6.45, 7) is 5.28. The monoisotopic (exact) mass is 502 g/mol. The van der Waals surface area contributed by atoms with E-state index in [1.54, 1.807) is 6.20 Å². The summed E-state index contributed by atoms with van der Waals surface area (Å²) in [4.78, 5) is 64.1. The van der Waals surface area contributed by atoms with Crippen molar-refractivity contribution < 1.29 is 29.1 Å². The first-order valence-electron chi connectivity index (χ1n) is 11.6. The van der Waals surface area contributed by atoms with E-state index in [0.29, 0.717) is 12.0 Å². The van der Waals surface area contributed by atoms with Gasteiger partial charge in [0.25, 0.3) is 0 Å². The third-order valence-electron chi connectivity index (χ3n) is 5.57. The van der Waals surface area contributed by atoms with Crippen LogP contribution >= 0.6 is 0 Å². The van der Waals surface area contributed by atoms with Gasteiger partial charge >= 0.3 is 5.97 Å². The molecule has 12 nitrogen and oxygen atoms in total. The number of carboxylic acid groups (broad SMARTS) is 1. The number of benzene rings is 1. The van der Waals surface area contributed by atoms with Crippen LogP contribution in [0.4, 0.5) is 0 Å². The molecule has 0 aliphatic rings. The summed E-state index contributed by atoms with van der Waals surface area (Å²) in [5.41, 5.74) is 12.5. The lowest BCUT2D eigenvalue weighted by Gasteiger charge is -2.23. The Balaban J connectivity index is 2.21. The predicted molar refractivity (Wildman–Crippen MR) is 132 cm³/mol. The first-order valence-corrected chi connectivity index (χ1v) is 11.6. The molecule has 0 aliphatic carbocycles. The van der Waals surface area contributed by atoms with Gasteiger partial charge in [-0.25, -0.2) is 4.79 Å². The van der Waals surface area contributed by atoms with E-state index >= 15 is 0 Å². The molecule has 36 heavy (non-hydrogen) atoms. The van der Waals surface area contributed by atoms with Crippen molar-refractivity contribution >= 4 is 40.5 Å². The zero-order chi connectivity index (χ0) is 27.0. The number of carbonyl (C=O) groups excluding carboxylic acids is 4. The van der Waals surface area contributed by atoms with Crippen molar-refractivity contribution in [1.82, 2.24) is 20.9 Å². The Hall–Kier alpha value is -3.93. The van der Waals surface area contributed by atoms with E-state index in [2.05, 4.69) is 20.9 Å². The van der Waals surface area contributed by atoms with E-state index < -0.39 is 60.2 Å². The minimum Gasteiger partial charge on any atom is -0.480 e. The van der Waals surface area contributed by atoms with Crippen molar-refractivity contribution in [3.8, 4) is 0 Å². The second-order valence-electron chi connectivity index (χ2n) is 9.16. The van der Waals surface area contributed by atoms with E-state index in [0.717, 1.165) is 10.9 Å². The quantitative estimate of drug-likeness (QED) is 0.191. The van der Waals surface area contributed by atoms with Crippen LogP contribution in [-0.2, 0) is 30.4 Å². The van der Waals surface area contributed by atoms with Gasteiger partial charge in [0.15, 0.2) is 0 Å². The fourth-order valence-electron chi connectivity index (χ4n) is 3.70. The molecule has 0 spiro atoms. The Kier molecular flexibility index (Phi) is 9.97. The minimum atomic E-state index is -1.57. The maximum absolute atomic E-state index is 13.1. The number of carbonyl (C=O) groups is 5. The number of aromatic nitrogens is 1. The summed E-state index contributed by atoms with van der Waals surface area (Å²) < 4.78 is 0. The van der Waals surface area contributed by atoms with Crippen molar-refractivity contribution in [2.45, 2.75) is 64.2 Å². The molecular weight excluding hydrogens is 468 g/mol. The second-order valence-corrected chi connectivity index (χ2v) is 9.16. The van der Waals surface area contributed by atoms with Gasteiger partial charge in [-0.1, -0.05) is 32.0 Å². The fraction of sp³-hybridized carbons (Fsp3) is 0.458. The van der Waals surface area contributed by atoms with Gasteiger partial charge in [0.05, 0.1) is 12.5 Å². The highest BCUT2D eigenvalue weighted by molar-refractivity contribution is 5.95. The summed E-state index contributed by atoms with van der Waals surface area (Å²) in [7, 11) is 0. The molecule has 1 aromatic carbocycles. The van der Waals surface area contributed by atoms with Crippen LogP contribution in [0.5, 0.6) is 0 Å². The zero-order valence-electron chi connectivity index (χ0n) is 20.5. The highest BCUT2D eigenvalue weighted by atomic mass is 16.4. The largest absolute Gasteiger partial charge is 0.480 e. The topological polar surface area (TPSA) is 209 Å². The molecule has 4 atom stereocenters. The van der Waals surface area contributed by atoms with Gasteiger partial charge in [-0.15, -0.1) is 0 Å². The normalized spacial score (nSPS) is 14.5. The van der Waals surface area contributed by atoms with Crippen LogP contribution in [0.3, 0.4) is 0 Å². The number of nitrogens with two attached hydrogens (primary N) is 2. The minimum absolute atomic E-state index is 0.0119. The first kappa shape index (κ1) is 28.3. The van der Waals surface area contributed by atoms with Gasteiger partial charge in [0.2, 0.25) is 23.6 Å². The molecule has 1 aromatic heterocycles. The van der Waals surface area contributed by atoms with Crippen molar-refractivity contribution in [1.29, 1.82) is 0 Å². The fourth-order valence-corrected chi connectivity index (χ4v) is 3.70. The third-order valence-corrected chi connectivity index (χ3v) is 5.57. The molecule has 2 aromatic rings.